The first-order valence-corrected chi connectivity index (χ1v) is 9.47. The van der Waals surface area contributed by atoms with E-state index >= 15 is 0 Å². The summed E-state index contributed by atoms with van der Waals surface area (Å²) in [6, 6.07) is 3.82. The number of hydrogen-bond donors (Lipinski definition) is 1. The zero-order valence-electron chi connectivity index (χ0n) is 19.1. The molecule has 0 amide bonds. The van der Waals surface area contributed by atoms with Gasteiger partial charge in [-0.3, -0.25) is 14.5 Å². The Kier molecular flexibility index (Phi) is 6.20. The summed E-state index contributed by atoms with van der Waals surface area (Å²) in [7, 11) is 0. The van der Waals surface area contributed by atoms with Crippen LogP contribution < -0.4 is 56.5 Å². The average Bonchev–Trinajstić information content (AvgIpc) is 2.78. The third-order valence-corrected chi connectivity index (χ3v) is 7.25. The fourth-order valence-electron chi connectivity index (χ4n) is 3.56. The van der Waals surface area contributed by atoms with Gasteiger partial charge in [0, 0.05) is 0 Å². The molecule has 0 saturated carbocycles. The molecule has 30 heavy (non-hydrogen) atoms. The van der Waals surface area contributed by atoms with Crippen LogP contribution in [0.2, 0.25) is 0 Å². The van der Waals surface area contributed by atoms with Crippen molar-refractivity contribution in [1.82, 2.24) is 10.1 Å². The van der Waals surface area contributed by atoms with E-state index in [0.29, 0.717) is 14.5 Å². The minimum Gasteiger partial charge on any atom is -0.872 e. The largest absolute Gasteiger partial charge is 1.00 e. The van der Waals surface area contributed by atoms with Crippen molar-refractivity contribution in [3.63, 3.8) is 0 Å². The second-order valence-corrected chi connectivity index (χ2v) is 9.82. The van der Waals surface area contributed by atoms with Gasteiger partial charge in [-0.15, -0.1) is 10.8 Å². The molecule has 1 aromatic carbocycles. The fraction of sp³-hybridized carbons (Fsp3) is 0.600. The summed E-state index contributed by atoms with van der Waals surface area (Å²) in [4.78, 5) is 0. The molecule has 10 heteroatoms. The summed E-state index contributed by atoms with van der Waals surface area (Å²) in [6.07, 6.45) is 0. The van der Waals surface area contributed by atoms with E-state index in [1.54, 1.807) is 55.4 Å². The predicted octanol–water partition coefficient (Wildman–Crippen LogP) is -1.09. The number of rotatable bonds is 2. The van der Waals surface area contributed by atoms with Crippen LogP contribution in [0.3, 0.4) is 0 Å². The van der Waals surface area contributed by atoms with Gasteiger partial charge in [0.25, 0.3) is 5.84 Å². The number of benzene rings is 1. The number of amidine groups is 2. The Labute approximate surface area is 219 Å². The van der Waals surface area contributed by atoms with Crippen LogP contribution in [-0.4, -0.2) is 58.6 Å². The van der Waals surface area contributed by atoms with E-state index in [2.05, 4.69) is 0 Å². The van der Waals surface area contributed by atoms with E-state index in [-0.39, 0.29) is 74.2 Å². The Bertz CT molecular complexity index is 880. The molecule has 0 aliphatic carbocycles. The van der Waals surface area contributed by atoms with E-state index in [1.165, 1.54) is 18.2 Å². The van der Waals surface area contributed by atoms with Gasteiger partial charge in [0.1, 0.15) is 16.6 Å². The molecular weight excluding hydrogens is 415 g/mol. The Morgan fingerprint density at radius 1 is 0.767 bits per heavy atom. The number of hydroxylamine groups is 6. The summed E-state index contributed by atoms with van der Waals surface area (Å²) in [5.74, 6) is -0.782. The van der Waals surface area contributed by atoms with Crippen LogP contribution in [0.1, 0.15) is 66.5 Å². The fourth-order valence-corrected chi connectivity index (χ4v) is 3.56. The van der Waals surface area contributed by atoms with Gasteiger partial charge in [-0.25, -0.2) is 5.21 Å². The van der Waals surface area contributed by atoms with Crippen LogP contribution in [-0.2, 0) is 0 Å². The maximum atomic E-state index is 13.0. The van der Waals surface area contributed by atoms with Crippen LogP contribution in [0.4, 0.5) is 0 Å². The molecule has 1 aromatic rings. The van der Waals surface area contributed by atoms with Gasteiger partial charge in [-0.2, -0.15) is 0 Å². The van der Waals surface area contributed by atoms with Crippen LogP contribution in [0.15, 0.2) is 18.2 Å². The van der Waals surface area contributed by atoms with Crippen molar-refractivity contribution in [1.29, 1.82) is 0 Å². The van der Waals surface area contributed by atoms with E-state index < -0.39 is 27.9 Å². The second kappa shape index (κ2) is 7.33. The smallest absolute Gasteiger partial charge is 0.872 e. The molecule has 2 aliphatic heterocycles. The van der Waals surface area contributed by atoms with Crippen molar-refractivity contribution >= 4 is 11.7 Å². The maximum absolute atomic E-state index is 13.0. The molecule has 2 heterocycles. The zero-order chi connectivity index (χ0) is 22.3. The van der Waals surface area contributed by atoms with Gasteiger partial charge in [0.05, 0.1) is 11.1 Å². The quantitative estimate of drug-likeness (QED) is 0.350. The Morgan fingerprint density at radius 3 is 1.53 bits per heavy atom. The topological polar surface area (TPSA) is 125 Å². The SMILES string of the molecule is CC1(C)N([O-])C(c2cc([O-])cc(C3=[N+]([O-])C(C)(C)C(C)(C)N3O)c2)=[N+]([O-])C1(C)C.[K+]. The van der Waals surface area contributed by atoms with Gasteiger partial charge in [-0.1, -0.05) is 12.1 Å². The number of nitrogens with zero attached hydrogens (tertiary/aromatic N) is 4. The first-order chi connectivity index (χ1) is 13.0. The molecule has 0 aromatic heterocycles. The molecule has 0 spiro atoms. The van der Waals surface area contributed by atoms with Crippen LogP contribution in [0.5, 0.6) is 5.75 Å². The summed E-state index contributed by atoms with van der Waals surface area (Å²) in [5.41, 5.74) is -3.77. The zero-order valence-corrected chi connectivity index (χ0v) is 22.2. The van der Waals surface area contributed by atoms with Crippen molar-refractivity contribution in [2.75, 3.05) is 0 Å². The molecule has 0 atom stereocenters. The Hall–Kier alpha value is -0.884. The minimum atomic E-state index is -1.04. The molecule has 0 fully saturated rings. The molecule has 3 rings (SSSR count). The molecule has 0 saturated heterocycles. The standard InChI is InChI=1S/C20H29N4O5.K/c1-17(2)18(3,4)22(27)15(21(17)26)12-9-13(11-14(25)10-12)16-23(28)19(5,6)20(7,8)24(16)29;/h9-11,25-26H,1-8H3;/q-1;+1/p-1. The van der Waals surface area contributed by atoms with Gasteiger partial charge in [0.15, 0.2) is 5.54 Å². The first kappa shape index (κ1) is 25.4. The molecule has 0 bridgehead atoms. The molecule has 0 unspecified atom stereocenters. The van der Waals surface area contributed by atoms with Gasteiger partial charge >= 0.3 is 57.2 Å². The molecule has 0 radical (unpaired) electrons. The monoisotopic (exact) mass is 443 g/mol. The minimum absolute atomic E-state index is 0. The number of hydrogen-bond acceptors (Lipinski definition) is 7. The van der Waals surface area contributed by atoms with Crippen molar-refractivity contribution in [3.05, 3.63) is 44.9 Å². The Morgan fingerprint density at radius 2 is 1.17 bits per heavy atom. The Balaban J connectivity index is 0.00000320. The molecule has 2 aliphatic rings. The van der Waals surface area contributed by atoms with E-state index in [1.807, 2.05) is 0 Å². The van der Waals surface area contributed by atoms with E-state index in [9.17, 15) is 25.9 Å². The summed E-state index contributed by atoms with van der Waals surface area (Å²) in [5, 5.41) is 63.4. The van der Waals surface area contributed by atoms with Gasteiger partial charge in [-0.05, 0) is 61.5 Å². The van der Waals surface area contributed by atoms with Crippen LogP contribution in [0, 0.1) is 15.6 Å². The molecule has 160 valence electrons. The summed E-state index contributed by atoms with van der Waals surface area (Å²) < 4.78 is 1.26. The summed E-state index contributed by atoms with van der Waals surface area (Å²) in [6.45, 7) is 13.4. The van der Waals surface area contributed by atoms with Crippen molar-refractivity contribution in [3.8, 4) is 5.75 Å². The van der Waals surface area contributed by atoms with E-state index in [0.717, 1.165) is 5.06 Å². The summed E-state index contributed by atoms with van der Waals surface area (Å²) >= 11 is 0. The molecule has 1 N–H and O–H groups in total. The normalized spacial score (nSPS) is 23.8. The third kappa shape index (κ3) is 3.11. The molecular formula is C20H28KN4O5-. The van der Waals surface area contributed by atoms with E-state index in [4.69, 9.17) is 0 Å². The predicted molar refractivity (Wildman–Crippen MR) is 107 cm³/mol. The van der Waals surface area contributed by atoms with Crippen molar-refractivity contribution in [2.24, 2.45) is 0 Å². The second-order valence-electron chi connectivity index (χ2n) is 9.82. The van der Waals surface area contributed by atoms with Crippen LogP contribution in [0.25, 0.3) is 0 Å². The molecule has 9 nitrogen and oxygen atoms in total. The first-order valence-electron chi connectivity index (χ1n) is 9.47. The van der Waals surface area contributed by atoms with Crippen molar-refractivity contribution < 1.29 is 71.2 Å². The average molecular weight is 444 g/mol. The van der Waals surface area contributed by atoms with Gasteiger partial charge < -0.3 is 20.7 Å². The van der Waals surface area contributed by atoms with Gasteiger partial charge in [0.2, 0.25) is 0 Å². The van der Waals surface area contributed by atoms with Crippen molar-refractivity contribution in [2.45, 2.75) is 77.5 Å². The van der Waals surface area contributed by atoms with Crippen LogP contribution >= 0.6 is 0 Å². The maximum Gasteiger partial charge on any atom is 1.00 e. The third-order valence-electron chi connectivity index (χ3n) is 7.25.